The highest BCUT2D eigenvalue weighted by molar-refractivity contribution is 6.23. The van der Waals surface area contributed by atoms with Crippen LogP contribution in [0.3, 0.4) is 0 Å². The van der Waals surface area contributed by atoms with Crippen LogP contribution >= 0.6 is 0 Å². The summed E-state index contributed by atoms with van der Waals surface area (Å²) in [6, 6.07) is 0. The van der Waals surface area contributed by atoms with Gasteiger partial charge < -0.3 is 9.47 Å². The van der Waals surface area contributed by atoms with Gasteiger partial charge in [-0.1, -0.05) is 23.3 Å². The third kappa shape index (κ3) is 5.73. The molecule has 0 saturated carbocycles. The van der Waals surface area contributed by atoms with E-state index in [1.54, 1.807) is 20.8 Å². The highest BCUT2D eigenvalue weighted by Gasteiger charge is 2.34. The van der Waals surface area contributed by atoms with Gasteiger partial charge in [0.15, 0.2) is 0 Å². The molecule has 25 heavy (non-hydrogen) atoms. The lowest BCUT2D eigenvalue weighted by molar-refractivity contribution is -0.121. The number of hydrogen-bond donors (Lipinski definition) is 0. The Hall–Kier alpha value is -2.10. The fourth-order valence-electron chi connectivity index (χ4n) is 2.58. The first-order valence-electron chi connectivity index (χ1n) is 8.91. The maximum atomic E-state index is 12.8. The van der Waals surface area contributed by atoms with Crippen LogP contribution in [0.5, 0.6) is 0 Å². The van der Waals surface area contributed by atoms with Gasteiger partial charge in [0.1, 0.15) is 0 Å². The summed E-state index contributed by atoms with van der Waals surface area (Å²) in [5.74, 6) is -0.406. The van der Waals surface area contributed by atoms with E-state index in [2.05, 4.69) is 26.8 Å². The molecule has 0 atom stereocenters. The molecule has 0 bridgehead atoms. The zero-order valence-corrected chi connectivity index (χ0v) is 16.3. The van der Waals surface area contributed by atoms with E-state index in [0.717, 1.165) is 12.8 Å². The van der Waals surface area contributed by atoms with E-state index in [-0.39, 0.29) is 23.1 Å². The third-order valence-electron chi connectivity index (χ3n) is 4.01. The maximum absolute atomic E-state index is 12.8. The lowest BCUT2D eigenvalue weighted by Crippen LogP contribution is -2.26. The quantitative estimate of drug-likeness (QED) is 0.443. The Labute approximate surface area is 151 Å². The summed E-state index contributed by atoms with van der Waals surface area (Å²) in [7, 11) is 0. The van der Waals surface area contributed by atoms with Crippen molar-refractivity contribution in [1.82, 2.24) is 0 Å². The van der Waals surface area contributed by atoms with Gasteiger partial charge >= 0.3 is 0 Å². The van der Waals surface area contributed by atoms with Crippen molar-refractivity contribution in [3.05, 3.63) is 46.0 Å². The van der Waals surface area contributed by atoms with E-state index in [4.69, 9.17) is 9.47 Å². The number of ketones is 2. The molecule has 0 saturated heterocycles. The van der Waals surface area contributed by atoms with Gasteiger partial charge in [0, 0.05) is 11.1 Å². The standard InChI is InChI=1S/C21H30O4/c1-7-24-20-18(22)16(6)17(19(23)21(20)25-8-2)13-12-15(5)11-9-10-14(3)4/h10,12H,7-9,11,13H2,1-6H3/b15-12+. The Bertz CT molecular complexity index is 641. The molecular formula is C21H30O4. The third-order valence-corrected chi connectivity index (χ3v) is 4.01. The van der Waals surface area contributed by atoms with Crippen LogP contribution in [0.2, 0.25) is 0 Å². The molecule has 0 fully saturated rings. The lowest BCUT2D eigenvalue weighted by Gasteiger charge is -2.21. The van der Waals surface area contributed by atoms with Crippen LogP contribution in [0.4, 0.5) is 0 Å². The Morgan fingerprint density at radius 3 is 2.00 bits per heavy atom. The van der Waals surface area contributed by atoms with Crippen LogP contribution < -0.4 is 0 Å². The normalized spacial score (nSPS) is 15.7. The molecule has 0 aliphatic heterocycles. The predicted molar refractivity (Wildman–Crippen MR) is 100 cm³/mol. The van der Waals surface area contributed by atoms with Crippen LogP contribution in [0.15, 0.2) is 46.0 Å². The van der Waals surface area contributed by atoms with Crippen molar-refractivity contribution < 1.29 is 19.1 Å². The zero-order chi connectivity index (χ0) is 19.0. The molecule has 4 nitrogen and oxygen atoms in total. The molecule has 0 heterocycles. The summed E-state index contributed by atoms with van der Waals surface area (Å²) in [5, 5.41) is 0. The molecule has 0 aromatic heterocycles. The molecule has 0 aromatic carbocycles. The average Bonchev–Trinajstić information content (AvgIpc) is 2.55. The van der Waals surface area contributed by atoms with Gasteiger partial charge in [-0.25, -0.2) is 0 Å². The van der Waals surface area contributed by atoms with Crippen LogP contribution in [0.25, 0.3) is 0 Å². The maximum Gasteiger partial charge on any atom is 0.228 e. The second kappa shape index (κ2) is 10.0. The molecule has 0 spiro atoms. The van der Waals surface area contributed by atoms with E-state index >= 15 is 0 Å². The van der Waals surface area contributed by atoms with Crippen molar-refractivity contribution >= 4 is 11.6 Å². The fraction of sp³-hybridized carbons (Fsp3) is 0.524. The molecule has 0 aromatic rings. The summed E-state index contributed by atoms with van der Waals surface area (Å²) in [6.45, 7) is 12.1. The predicted octanol–water partition coefficient (Wildman–Crippen LogP) is 4.82. The van der Waals surface area contributed by atoms with Crippen LogP contribution in [-0.2, 0) is 19.1 Å². The molecule has 1 aliphatic rings. The highest BCUT2D eigenvalue weighted by atomic mass is 16.5. The van der Waals surface area contributed by atoms with Gasteiger partial charge in [0.2, 0.25) is 23.1 Å². The molecule has 0 radical (unpaired) electrons. The summed E-state index contributed by atoms with van der Waals surface area (Å²) in [6.07, 6.45) is 6.58. The number of carbonyl (C=O) groups is 2. The molecule has 4 heteroatoms. The second-order valence-corrected chi connectivity index (χ2v) is 6.36. The van der Waals surface area contributed by atoms with Crippen LogP contribution in [0.1, 0.15) is 60.8 Å². The average molecular weight is 346 g/mol. The van der Waals surface area contributed by atoms with Crippen molar-refractivity contribution in [1.29, 1.82) is 0 Å². The number of Topliss-reactive ketones (excluding diaryl/α,β-unsaturated/α-hetero) is 2. The Morgan fingerprint density at radius 1 is 0.920 bits per heavy atom. The second-order valence-electron chi connectivity index (χ2n) is 6.36. The number of allylic oxidation sites excluding steroid dienone is 6. The monoisotopic (exact) mass is 346 g/mol. The molecule has 1 aliphatic carbocycles. The van der Waals surface area contributed by atoms with Crippen LogP contribution in [0, 0.1) is 0 Å². The summed E-state index contributed by atoms with van der Waals surface area (Å²) < 4.78 is 10.8. The molecule has 0 amide bonds. The summed E-state index contributed by atoms with van der Waals surface area (Å²) in [5.41, 5.74) is 3.45. The van der Waals surface area contributed by atoms with Gasteiger partial charge in [0.05, 0.1) is 13.2 Å². The minimum atomic E-state index is -0.254. The molecule has 0 unspecified atom stereocenters. The zero-order valence-electron chi connectivity index (χ0n) is 16.3. The molecule has 1 rings (SSSR count). The fourth-order valence-corrected chi connectivity index (χ4v) is 2.58. The highest BCUT2D eigenvalue weighted by Crippen LogP contribution is 2.29. The Morgan fingerprint density at radius 2 is 1.48 bits per heavy atom. The van der Waals surface area contributed by atoms with Crippen molar-refractivity contribution in [2.24, 2.45) is 0 Å². The number of hydrogen-bond acceptors (Lipinski definition) is 4. The number of ether oxygens (including phenoxy) is 2. The molecule has 0 N–H and O–H groups in total. The number of carbonyl (C=O) groups excluding carboxylic acids is 2. The largest absolute Gasteiger partial charge is 0.486 e. The first-order valence-corrected chi connectivity index (χ1v) is 8.91. The topological polar surface area (TPSA) is 52.6 Å². The Kier molecular flexibility index (Phi) is 8.39. The van der Waals surface area contributed by atoms with Crippen LogP contribution in [-0.4, -0.2) is 24.8 Å². The van der Waals surface area contributed by atoms with Gasteiger partial charge in [0.25, 0.3) is 0 Å². The van der Waals surface area contributed by atoms with E-state index in [9.17, 15) is 9.59 Å². The number of rotatable bonds is 9. The van der Waals surface area contributed by atoms with Gasteiger partial charge in [-0.3, -0.25) is 9.59 Å². The van der Waals surface area contributed by atoms with Crippen molar-refractivity contribution in [2.75, 3.05) is 13.2 Å². The molecular weight excluding hydrogens is 316 g/mol. The van der Waals surface area contributed by atoms with E-state index in [0.29, 0.717) is 30.8 Å². The van der Waals surface area contributed by atoms with Crippen molar-refractivity contribution in [2.45, 2.75) is 60.8 Å². The summed E-state index contributed by atoms with van der Waals surface area (Å²) >= 11 is 0. The Balaban J connectivity index is 2.98. The minimum Gasteiger partial charge on any atom is -0.486 e. The van der Waals surface area contributed by atoms with E-state index in [1.165, 1.54) is 11.1 Å². The van der Waals surface area contributed by atoms with Gasteiger partial charge in [-0.2, -0.15) is 0 Å². The van der Waals surface area contributed by atoms with Crippen molar-refractivity contribution in [3.63, 3.8) is 0 Å². The SMILES string of the molecule is CCOC1=C(OCC)C(=O)C(C/C=C(\C)CCC=C(C)C)=C(C)C1=O. The van der Waals surface area contributed by atoms with E-state index < -0.39 is 0 Å². The first-order chi connectivity index (χ1) is 11.8. The smallest absolute Gasteiger partial charge is 0.228 e. The minimum absolute atomic E-state index is 0.0415. The van der Waals surface area contributed by atoms with Crippen molar-refractivity contribution in [3.8, 4) is 0 Å². The van der Waals surface area contributed by atoms with E-state index in [1.807, 2.05) is 6.08 Å². The molecule has 138 valence electrons. The first kappa shape index (κ1) is 20.9. The summed E-state index contributed by atoms with van der Waals surface area (Å²) in [4.78, 5) is 25.3. The van der Waals surface area contributed by atoms with Gasteiger partial charge in [-0.15, -0.1) is 0 Å². The lowest BCUT2D eigenvalue weighted by atomic mass is 9.90. The van der Waals surface area contributed by atoms with Gasteiger partial charge in [-0.05, 0) is 60.8 Å².